The number of hydrogen-bond acceptors (Lipinski definition) is 3. The molecule has 1 aliphatic rings. The van der Waals surface area contributed by atoms with Gasteiger partial charge in [-0.05, 0) is 31.3 Å². The van der Waals surface area contributed by atoms with Gasteiger partial charge in [-0.25, -0.2) is 4.98 Å². The smallest absolute Gasteiger partial charge is 0.202 e. The van der Waals surface area contributed by atoms with Crippen LogP contribution in [0.1, 0.15) is 38.5 Å². The van der Waals surface area contributed by atoms with Crippen LogP contribution in [-0.4, -0.2) is 27.6 Å². The van der Waals surface area contributed by atoms with Crippen LogP contribution in [0, 0.1) is 0 Å². The third-order valence-corrected chi connectivity index (χ3v) is 4.10. The van der Waals surface area contributed by atoms with E-state index in [0.29, 0.717) is 6.04 Å². The average molecular weight is 253 g/mol. The number of rotatable bonds is 6. The van der Waals surface area contributed by atoms with Crippen molar-refractivity contribution < 1.29 is 0 Å². The highest BCUT2D eigenvalue weighted by molar-refractivity contribution is 7.98. The van der Waals surface area contributed by atoms with Gasteiger partial charge in [0.05, 0.1) is 0 Å². The molecule has 3 nitrogen and oxygen atoms in total. The lowest BCUT2D eigenvalue weighted by atomic mass is 9.96. The van der Waals surface area contributed by atoms with E-state index in [1.54, 1.807) is 0 Å². The van der Waals surface area contributed by atoms with Crippen LogP contribution in [0.4, 0.5) is 5.95 Å². The summed E-state index contributed by atoms with van der Waals surface area (Å²) in [4.78, 5) is 4.43. The predicted octanol–water partition coefficient (Wildman–Crippen LogP) is 3.38. The molecule has 0 unspecified atom stereocenters. The lowest BCUT2D eigenvalue weighted by molar-refractivity contribution is 0.458. The average Bonchev–Trinajstić information content (AvgIpc) is 2.79. The first kappa shape index (κ1) is 12.8. The van der Waals surface area contributed by atoms with Crippen molar-refractivity contribution in [3.63, 3.8) is 0 Å². The molecule has 1 N–H and O–H groups in total. The van der Waals surface area contributed by atoms with Crippen molar-refractivity contribution in [1.82, 2.24) is 9.55 Å². The molecule has 0 saturated heterocycles. The maximum Gasteiger partial charge on any atom is 0.202 e. The first-order chi connectivity index (χ1) is 8.40. The third kappa shape index (κ3) is 3.95. The number of anilines is 1. The first-order valence-electron chi connectivity index (χ1n) is 6.67. The lowest BCUT2D eigenvalue weighted by Gasteiger charge is -2.23. The molecule has 0 spiro atoms. The van der Waals surface area contributed by atoms with Gasteiger partial charge < -0.3 is 9.88 Å². The zero-order valence-electron chi connectivity index (χ0n) is 10.7. The molecule has 2 rings (SSSR count). The lowest BCUT2D eigenvalue weighted by Crippen LogP contribution is -2.24. The molecule has 1 aromatic heterocycles. The number of aromatic nitrogens is 2. The van der Waals surface area contributed by atoms with Crippen LogP contribution < -0.4 is 5.32 Å². The van der Waals surface area contributed by atoms with Crippen molar-refractivity contribution in [2.24, 2.45) is 0 Å². The summed E-state index contributed by atoms with van der Waals surface area (Å²) in [6.07, 6.45) is 14.1. The minimum Gasteiger partial charge on any atom is -0.353 e. The zero-order valence-corrected chi connectivity index (χ0v) is 11.5. The summed E-state index contributed by atoms with van der Waals surface area (Å²) in [5, 5.41) is 3.60. The number of nitrogens with zero attached hydrogens (tertiary/aromatic N) is 2. The molecule has 0 bridgehead atoms. The largest absolute Gasteiger partial charge is 0.353 e. The summed E-state index contributed by atoms with van der Waals surface area (Å²) in [6.45, 7) is 1.08. The fraction of sp³-hybridized carbons (Fsp3) is 0.769. The van der Waals surface area contributed by atoms with Gasteiger partial charge in [-0.1, -0.05) is 19.3 Å². The minimum absolute atomic E-state index is 0.644. The van der Waals surface area contributed by atoms with Gasteiger partial charge in [0, 0.05) is 25.0 Å². The van der Waals surface area contributed by atoms with E-state index in [-0.39, 0.29) is 0 Å². The summed E-state index contributed by atoms with van der Waals surface area (Å²) < 4.78 is 2.25. The Balaban J connectivity index is 1.84. The summed E-state index contributed by atoms with van der Waals surface area (Å²) in [5.41, 5.74) is 0. The second-order valence-corrected chi connectivity index (χ2v) is 5.76. The predicted molar refractivity (Wildman–Crippen MR) is 75.7 cm³/mol. The van der Waals surface area contributed by atoms with Crippen molar-refractivity contribution in [2.45, 2.75) is 51.1 Å². The van der Waals surface area contributed by atoms with Gasteiger partial charge in [-0.3, -0.25) is 0 Å². The molecule has 1 aromatic rings. The minimum atomic E-state index is 0.644. The van der Waals surface area contributed by atoms with E-state index in [4.69, 9.17) is 0 Å². The second kappa shape index (κ2) is 6.94. The van der Waals surface area contributed by atoms with Gasteiger partial charge in [0.15, 0.2) is 0 Å². The molecule has 17 heavy (non-hydrogen) atoms. The molecular weight excluding hydrogens is 230 g/mol. The van der Waals surface area contributed by atoms with Crippen molar-refractivity contribution in [3.05, 3.63) is 12.4 Å². The molecule has 0 aliphatic heterocycles. The molecule has 96 valence electrons. The molecule has 1 fully saturated rings. The SMILES string of the molecule is CSCCCn1ccnc1NC1CCCCC1. The summed E-state index contributed by atoms with van der Waals surface area (Å²) >= 11 is 1.91. The fourth-order valence-corrected chi connectivity index (χ4v) is 2.86. The van der Waals surface area contributed by atoms with E-state index in [9.17, 15) is 0 Å². The van der Waals surface area contributed by atoms with E-state index in [2.05, 4.69) is 27.3 Å². The van der Waals surface area contributed by atoms with E-state index in [1.807, 2.05) is 18.0 Å². The van der Waals surface area contributed by atoms with Crippen molar-refractivity contribution >= 4 is 17.7 Å². The zero-order chi connectivity index (χ0) is 11.9. The molecular formula is C13H23N3S. The Labute approximate surface area is 108 Å². The second-order valence-electron chi connectivity index (χ2n) is 4.77. The van der Waals surface area contributed by atoms with Crippen molar-refractivity contribution in [1.29, 1.82) is 0 Å². The van der Waals surface area contributed by atoms with Gasteiger partial charge in [0.25, 0.3) is 0 Å². The van der Waals surface area contributed by atoms with Crippen molar-refractivity contribution in [3.8, 4) is 0 Å². The van der Waals surface area contributed by atoms with Gasteiger partial charge in [0.2, 0.25) is 5.95 Å². The molecule has 0 radical (unpaired) electrons. The highest BCUT2D eigenvalue weighted by Crippen LogP contribution is 2.21. The molecule has 1 heterocycles. The fourth-order valence-electron chi connectivity index (χ4n) is 2.44. The van der Waals surface area contributed by atoms with Gasteiger partial charge in [-0.2, -0.15) is 11.8 Å². The topological polar surface area (TPSA) is 29.9 Å². The van der Waals surface area contributed by atoms with Crippen molar-refractivity contribution in [2.75, 3.05) is 17.3 Å². The van der Waals surface area contributed by atoms with Gasteiger partial charge in [-0.15, -0.1) is 0 Å². The number of imidazole rings is 1. The van der Waals surface area contributed by atoms with Crippen LogP contribution in [0.2, 0.25) is 0 Å². The maximum atomic E-state index is 4.43. The van der Waals surface area contributed by atoms with E-state index in [0.717, 1.165) is 12.5 Å². The van der Waals surface area contributed by atoms with E-state index in [1.165, 1.54) is 44.3 Å². The molecule has 4 heteroatoms. The molecule has 0 aromatic carbocycles. The van der Waals surface area contributed by atoms with Gasteiger partial charge in [0.1, 0.15) is 0 Å². The Hall–Kier alpha value is -0.640. The van der Waals surface area contributed by atoms with Crippen LogP contribution in [0.15, 0.2) is 12.4 Å². The summed E-state index contributed by atoms with van der Waals surface area (Å²) in [6, 6.07) is 0.644. The van der Waals surface area contributed by atoms with Crippen LogP contribution in [0.3, 0.4) is 0 Å². The van der Waals surface area contributed by atoms with Crippen LogP contribution in [0.25, 0.3) is 0 Å². The monoisotopic (exact) mass is 253 g/mol. The Bertz CT molecular complexity index is 318. The Kier molecular flexibility index (Phi) is 5.23. The number of hydrogen-bond donors (Lipinski definition) is 1. The maximum absolute atomic E-state index is 4.43. The highest BCUT2D eigenvalue weighted by Gasteiger charge is 2.14. The standard InChI is InChI=1S/C13H23N3S/c1-17-11-5-9-16-10-8-14-13(16)15-12-6-3-2-4-7-12/h8,10,12H,2-7,9,11H2,1H3,(H,14,15). The summed E-state index contributed by atoms with van der Waals surface area (Å²) in [7, 11) is 0. The van der Waals surface area contributed by atoms with E-state index < -0.39 is 0 Å². The van der Waals surface area contributed by atoms with Crippen LogP contribution >= 0.6 is 11.8 Å². The summed E-state index contributed by atoms with van der Waals surface area (Å²) in [5.74, 6) is 2.29. The first-order valence-corrected chi connectivity index (χ1v) is 8.06. The molecule has 0 atom stereocenters. The number of aryl methyl sites for hydroxylation is 1. The normalized spacial score (nSPS) is 17.2. The van der Waals surface area contributed by atoms with E-state index >= 15 is 0 Å². The highest BCUT2D eigenvalue weighted by atomic mass is 32.2. The third-order valence-electron chi connectivity index (χ3n) is 3.40. The number of thioether (sulfide) groups is 1. The Morgan fingerprint density at radius 2 is 2.24 bits per heavy atom. The molecule has 1 saturated carbocycles. The Morgan fingerprint density at radius 1 is 1.41 bits per heavy atom. The molecule has 1 aliphatic carbocycles. The Morgan fingerprint density at radius 3 is 3.00 bits per heavy atom. The quantitative estimate of drug-likeness (QED) is 0.788. The molecule has 0 amide bonds. The van der Waals surface area contributed by atoms with Crippen LogP contribution in [0.5, 0.6) is 0 Å². The van der Waals surface area contributed by atoms with Crippen LogP contribution in [-0.2, 0) is 6.54 Å². The number of nitrogens with one attached hydrogen (secondary N) is 1. The van der Waals surface area contributed by atoms with Gasteiger partial charge >= 0.3 is 0 Å².